The van der Waals surface area contributed by atoms with Crippen LogP contribution in [0.25, 0.3) is 0 Å². The third-order valence-corrected chi connectivity index (χ3v) is 4.64. The number of esters is 1. The molecule has 1 unspecified atom stereocenters. The summed E-state index contributed by atoms with van der Waals surface area (Å²) in [7, 11) is -2.26. The van der Waals surface area contributed by atoms with Crippen molar-refractivity contribution in [2.45, 2.75) is 30.9 Å². The first-order chi connectivity index (χ1) is 6.97. The number of methoxy groups -OCH3 is 1. The summed E-state index contributed by atoms with van der Waals surface area (Å²) in [6.07, 6.45) is 1.17. The molecule has 5 nitrogen and oxygen atoms in total. The number of hydrogen-bond acceptors (Lipinski definition) is 5. The van der Waals surface area contributed by atoms with Crippen LogP contribution in [0, 0.1) is 0 Å². The van der Waals surface area contributed by atoms with Gasteiger partial charge in [0.1, 0.15) is 5.25 Å². The summed E-state index contributed by atoms with van der Waals surface area (Å²) < 4.78 is 27.6. The number of Topliss-reactive ketones (excluding diaryl/α,β-unsaturated/α-hetero) is 1. The maximum Gasteiger partial charge on any atom is 0.306 e. The fourth-order valence-corrected chi connectivity index (χ4v) is 3.41. The highest BCUT2D eigenvalue weighted by atomic mass is 32.2. The van der Waals surface area contributed by atoms with Crippen molar-refractivity contribution < 1.29 is 22.7 Å². The molecule has 86 valence electrons. The van der Waals surface area contributed by atoms with Crippen LogP contribution in [0.5, 0.6) is 0 Å². The second kappa shape index (κ2) is 4.74. The first-order valence-electron chi connectivity index (χ1n) is 4.78. The normalized spacial score (nSPS) is 21.7. The van der Waals surface area contributed by atoms with Crippen LogP contribution in [0.4, 0.5) is 0 Å². The number of sulfone groups is 1. The van der Waals surface area contributed by atoms with E-state index in [1.807, 2.05) is 0 Å². The van der Waals surface area contributed by atoms with Crippen molar-refractivity contribution in [2.24, 2.45) is 0 Å². The lowest BCUT2D eigenvalue weighted by Gasteiger charge is -2.08. The van der Waals surface area contributed by atoms with E-state index in [0.717, 1.165) is 0 Å². The van der Waals surface area contributed by atoms with Crippen LogP contribution < -0.4 is 0 Å². The fraction of sp³-hybridized carbons (Fsp3) is 0.778. The average molecular weight is 234 g/mol. The molecule has 0 aromatic rings. The molecule has 0 N–H and O–H groups in total. The van der Waals surface area contributed by atoms with Crippen molar-refractivity contribution in [1.29, 1.82) is 0 Å². The van der Waals surface area contributed by atoms with E-state index < -0.39 is 21.1 Å². The molecule has 0 aromatic heterocycles. The van der Waals surface area contributed by atoms with Gasteiger partial charge in [-0.1, -0.05) is 0 Å². The Labute approximate surface area is 88.7 Å². The Kier molecular flexibility index (Phi) is 3.84. The van der Waals surface area contributed by atoms with E-state index in [1.165, 1.54) is 7.11 Å². The number of hydrogen-bond donors (Lipinski definition) is 0. The molecule has 1 fully saturated rings. The Morgan fingerprint density at radius 1 is 1.53 bits per heavy atom. The maximum absolute atomic E-state index is 11.6. The zero-order chi connectivity index (χ0) is 11.5. The highest BCUT2D eigenvalue weighted by Crippen LogP contribution is 2.22. The second-order valence-electron chi connectivity index (χ2n) is 3.54. The SMILES string of the molecule is COC(=O)CCS(=O)(=O)C1CCCC1=O. The molecule has 0 spiro atoms. The minimum absolute atomic E-state index is 0.178. The van der Waals surface area contributed by atoms with Crippen LogP contribution in [0.3, 0.4) is 0 Å². The third-order valence-electron chi connectivity index (χ3n) is 2.50. The number of ketones is 1. The molecule has 0 aromatic carbocycles. The third kappa shape index (κ3) is 3.02. The van der Waals surface area contributed by atoms with E-state index in [4.69, 9.17) is 0 Å². The van der Waals surface area contributed by atoms with Gasteiger partial charge in [-0.3, -0.25) is 9.59 Å². The second-order valence-corrected chi connectivity index (χ2v) is 5.84. The van der Waals surface area contributed by atoms with Gasteiger partial charge in [-0.15, -0.1) is 0 Å². The van der Waals surface area contributed by atoms with Crippen molar-refractivity contribution in [2.75, 3.05) is 12.9 Å². The molecule has 0 radical (unpaired) electrons. The van der Waals surface area contributed by atoms with Crippen LogP contribution in [-0.4, -0.2) is 38.3 Å². The average Bonchev–Trinajstić information content (AvgIpc) is 2.61. The first kappa shape index (κ1) is 12.2. The first-order valence-corrected chi connectivity index (χ1v) is 6.50. The summed E-state index contributed by atoms with van der Waals surface area (Å²) in [5.74, 6) is -1.08. The van der Waals surface area contributed by atoms with E-state index in [1.54, 1.807) is 0 Å². The van der Waals surface area contributed by atoms with Crippen LogP contribution in [0.1, 0.15) is 25.7 Å². The fourth-order valence-electron chi connectivity index (χ4n) is 1.63. The molecule has 0 heterocycles. The molecule has 0 amide bonds. The molecule has 1 atom stereocenters. The molecule has 15 heavy (non-hydrogen) atoms. The maximum atomic E-state index is 11.6. The number of carbonyl (C=O) groups is 2. The number of ether oxygens (including phenoxy) is 1. The summed E-state index contributed by atoms with van der Waals surface area (Å²) in [6, 6.07) is 0. The largest absolute Gasteiger partial charge is 0.469 e. The quantitative estimate of drug-likeness (QED) is 0.644. The molecule has 1 aliphatic carbocycles. The van der Waals surface area contributed by atoms with Gasteiger partial charge < -0.3 is 4.74 Å². The van der Waals surface area contributed by atoms with Gasteiger partial charge in [0.05, 0.1) is 19.3 Å². The summed E-state index contributed by atoms with van der Waals surface area (Å²) in [6.45, 7) is 0. The van der Waals surface area contributed by atoms with E-state index in [2.05, 4.69) is 4.74 Å². The molecular weight excluding hydrogens is 220 g/mol. The summed E-state index contributed by atoms with van der Waals surface area (Å²) in [5, 5.41) is -0.887. The molecular formula is C9H14O5S. The van der Waals surface area contributed by atoms with Crippen LogP contribution in [0.15, 0.2) is 0 Å². The summed E-state index contributed by atoms with van der Waals surface area (Å²) in [5.41, 5.74) is 0. The lowest BCUT2D eigenvalue weighted by molar-refractivity contribution is -0.140. The van der Waals surface area contributed by atoms with Crippen molar-refractivity contribution in [1.82, 2.24) is 0 Å². The predicted molar refractivity (Wildman–Crippen MR) is 53.1 cm³/mol. The lowest BCUT2D eigenvalue weighted by Crippen LogP contribution is -2.28. The summed E-state index contributed by atoms with van der Waals surface area (Å²) >= 11 is 0. The van der Waals surface area contributed by atoms with Crippen LogP contribution in [-0.2, 0) is 24.2 Å². The van der Waals surface area contributed by atoms with Gasteiger partial charge in [0, 0.05) is 6.42 Å². The number of rotatable bonds is 4. The van der Waals surface area contributed by atoms with E-state index in [0.29, 0.717) is 19.3 Å². The Morgan fingerprint density at radius 3 is 2.67 bits per heavy atom. The van der Waals surface area contributed by atoms with Crippen molar-refractivity contribution >= 4 is 21.6 Å². The van der Waals surface area contributed by atoms with Crippen molar-refractivity contribution in [3.63, 3.8) is 0 Å². The van der Waals surface area contributed by atoms with Gasteiger partial charge in [0.2, 0.25) is 0 Å². The minimum Gasteiger partial charge on any atom is -0.469 e. The Bertz CT molecular complexity index is 357. The van der Waals surface area contributed by atoms with Gasteiger partial charge >= 0.3 is 5.97 Å². The Hall–Kier alpha value is -0.910. The molecule has 0 aliphatic heterocycles. The molecule has 1 saturated carbocycles. The van der Waals surface area contributed by atoms with Crippen LogP contribution in [0.2, 0.25) is 0 Å². The van der Waals surface area contributed by atoms with Gasteiger partial charge in [-0.25, -0.2) is 8.42 Å². The molecule has 1 aliphatic rings. The van der Waals surface area contributed by atoms with Gasteiger partial charge in [0.25, 0.3) is 0 Å². The van der Waals surface area contributed by atoms with Gasteiger partial charge in [-0.05, 0) is 12.8 Å². The number of carbonyl (C=O) groups excluding carboxylic acids is 2. The van der Waals surface area contributed by atoms with E-state index in [-0.39, 0.29) is 18.0 Å². The molecule has 0 saturated heterocycles. The van der Waals surface area contributed by atoms with E-state index >= 15 is 0 Å². The monoisotopic (exact) mass is 234 g/mol. The van der Waals surface area contributed by atoms with Crippen molar-refractivity contribution in [3.05, 3.63) is 0 Å². The van der Waals surface area contributed by atoms with Crippen molar-refractivity contribution in [3.8, 4) is 0 Å². The lowest BCUT2D eigenvalue weighted by atomic mass is 10.3. The van der Waals surface area contributed by atoms with E-state index in [9.17, 15) is 18.0 Å². The van der Waals surface area contributed by atoms with Gasteiger partial charge in [0.15, 0.2) is 15.6 Å². The smallest absolute Gasteiger partial charge is 0.306 e. The van der Waals surface area contributed by atoms with Gasteiger partial charge in [-0.2, -0.15) is 0 Å². The highest BCUT2D eigenvalue weighted by molar-refractivity contribution is 7.92. The zero-order valence-electron chi connectivity index (χ0n) is 8.56. The standard InChI is InChI=1S/C9H14O5S/c1-14-9(11)5-6-15(12,13)8-4-2-3-7(8)10/h8H,2-6H2,1H3. The Morgan fingerprint density at radius 2 is 2.20 bits per heavy atom. The highest BCUT2D eigenvalue weighted by Gasteiger charge is 2.35. The molecule has 0 bridgehead atoms. The Balaban J connectivity index is 2.59. The predicted octanol–water partition coefficient (Wildman–Crippen LogP) is 0.0859. The summed E-state index contributed by atoms with van der Waals surface area (Å²) in [4.78, 5) is 22.0. The topological polar surface area (TPSA) is 77.5 Å². The minimum atomic E-state index is -3.46. The molecule has 6 heteroatoms. The molecule has 1 rings (SSSR count). The van der Waals surface area contributed by atoms with Crippen LogP contribution >= 0.6 is 0 Å². The zero-order valence-corrected chi connectivity index (χ0v) is 9.38.